The van der Waals surface area contributed by atoms with E-state index >= 15 is 0 Å². The van der Waals surface area contributed by atoms with Crippen LogP contribution >= 0.6 is 11.8 Å². The second-order valence-corrected chi connectivity index (χ2v) is 5.69. The third-order valence-electron chi connectivity index (χ3n) is 3.03. The average Bonchev–Trinajstić information content (AvgIpc) is 2.57. The molecule has 5 heteroatoms. The fourth-order valence-corrected chi connectivity index (χ4v) is 2.83. The average molecular weight is 332 g/mol. The number of hydrogen-bond donors (Lipinski definition) is 0. The standard InChI is InChI=1S/C18H11F3OS/c19-13-8-4-5-9-16(13)23-18-14(20)10-11-15(17(18)21)22-12-6-2-1-3-7-12/h1-11H. The number of para-hydroxylation sites is 1. The minimum absolute atomic E-state index is 0.114. The van der Waals surface area contributed by atoms with Crippen molar-refractivity contribution in [1.29, 1.82) is 0 Å². The first-order valence-corrected chi connectivity index (χ1v) is 7.60. The Morgan fingerprint density at radius 3 is 2.13 bits per heavy atom. The Morgan fingerprint density at radius 1 is 0.696 bits per heavy atom. The van der Waals surface area contributed by atoms with Crippen LogP contribution in [0.15, 0.2) is 76.5 Å². The van der Waals surface area contributed by atoms with E-state index in [2.05, 4.69) is 0 Å². The Kier molecular flexibility index (Phi) is 4.57. The summed E-state index contributed by atoms with van der Waals surface area (Å²) in [6, 6.07) is 16.7. The number of ether oxygens (including phenoxy) is 1. The molecular formula is C18H11F3OS. The van der Waals surface area contributed by atoms with Gasteiger partial charge in [0.15, 0.2) is 11.6 Å². The van der Waals surface area contributed by atoms with Crippen LogP contribution in [-0.2, 0) is 0 Å². The Balaban J connectivity index is 1.94. The van der Waals surface area contributed by atoms with E-state index in [1.807, 2.05) is 0 Å². The van der Waals surface area contributed by atoms with Crippen molar-refractivity contribution in [2.24, 2.45) is 0 Å². The highest BCUT2D eigenvalue weighted by molar-refractivity contribution is 7.99. The maximum absolute atomic E-state index is 14.5. The molecule has 0 amide bonds. The fraction of sp³-hybridized carbons (Fsp3) is 0. The number of benzene rings is 3. The van der Waals surface area contributed by atoms with Gasteiger partial charge in [-0.2, -0.15) is 0 Å². The molecule has 23 heavy (non-hydrogen) atoms. The van der Waals surface area contributed by atoms with Gasteiger partial charge in [0.1, 0.15) is 17.4 Å². The summed E-state index contributed by atoms with van der Waals surface area (Å²) in [5, 5.41) is 0. The zero-order chi connectivity index (χ0) is 16.2. The molecule has 116 valence electrons. The van der Waals surface area contributed by atoms with Crippen LogP contribution in [0.2, 0.25) is 0 Å². The molecule has 0 N–H and O–H groups in total. The first-order chi connectivity index (χ1) is 11.1. The monoisotopic (exact) mass is 332 g/mol. The van der Waals surface area contributed by atoms with E-state index in [-0.39, 0.29) is 15.5 Å². The highest BCUT2D eigenvalue weighted by Crippen LogP contribution is 2.38. The highest BCUT2D eigenvalue weighted by Gasteiger charge is 2.18. The SMILES string of the molecule is Fc1ccccc1Sc1c(F)ccc(Oc2ccccc2)c1F. The second kappa shape index (κ2) is 6.79. The number of rotatable bonds is 4. The smallest absolute Gasteiger partial charge is 0.182 e. The van der Waals surface area contributed by atoms with Crippen LogP contribution in [0.25, 0.3) is 0 Å². The molecule has 1 nitrogen and oxygen atoms in total. The normalized spacial score (nSPS) is 10.6. The minimum atomic E-state index is -0.859. The maximum atomic E-state index is 14.5. The quantitative estimate of drug-likeness (QED) is 0.575. The maximum Gasteiger partial charge on any atom is 0.182 e. The summed E-state index contributed by atoms with van der Waals surface area (Å²) in [6.07, 6.45) is 0. The summed E-state index contributed by atoms with van der Waals surface area (Å²) in [5.41, 5.74) is 0. The Bertz CT molecular complexity index is 822. The molecule has 3 aromatic rings. The van der Waals surface area contributed by atoms with Crippen LogP contribution in [0.4, 0.5) is 13.2 Å². The van der Waals surface area contributed by atoms with Crippen molar-refractivity contribution in [2.75, 3.05) is 0 Å². The van der Waals surface area contributed by atoms with E-state index in [1.165, 1.54) is 24.3 Å². The van der Waals surface area contributed by atoms with E-state index in [1.54, 1.807) is 36.4 Å². The molecule has 0 spiro atoms. The molecular weight excluding hydrogens is 321 g/mol. The summed E-state index contributed by atoms with van der Waals surface area (Å²) < 4.78 is 47.6. The summed E-state index contributed by atoms with van der Waals surface area (Å²) >= 11 is 0.687. The van der Waals surface area contributed by atoms with Crippen molar-refractivity contribution in [1.82, 2.24) is 0 Å². The lowest BCUT2D eigenvalue weighted by Crippen LogP contribution is -1.94. The zero-order valence-electron chi connectivity index (χ0n) is 11.8. The lowest BCUT2D eigenvalue weighted by Gasteiger charge is -2.11. The first kappa shape index (κ1) is 15.5. The molecule has 0 fully saturated rings. The van der Waals surface area contributed by atoms with Crippen LogP contribution in [0.5, 0.6) is 11.5 Å². The summed E-state index contributed by atoms with van der Waals surface area (Å²) in [4.78, 5) is -0.161. The molecule has 0 aliphatic carbocycles. The van der Waals surface area contributed by atoms with Gasteiger partial charge in [-0.3, -0.25) is 0 Å². The summed E-state index contributed by atoms with van der Waals surface area (Å²) in [6.45, 7) is 0. The van der Waals surface area contributed by atoms with Crippen molar-refractivity contribution in [3.8, 4) is 11.5 Å². The van der Waals surface area contributed by atoms with E-state index in [0.29, 0.717) is 17.5 Å². The van der Waals surface area contributed by atoms with Gasteiger partial charge < -0.3 is 4.74 Å². The van der Waals surface area contributed by atoms with Gasteiger partial charge in [-0.25, -0.2) is 13.2 Å². The first-order valence-electron chi connectivity index (χ1n) is 6.78. The zero-order valence-corrected chi connectivity index (χ0v) is 12.6. The van der Waals surface area contributed by atoms with Gasteiger partial charge in [-0.15, -0.1) is 0 Å². The molecule has 0 saturated carbocycles. The number of halogens is 3. The minimum Gasteiger partial charge on any atom is -0.454 e. The molecule has 0 atom stereocenters. The molecule has 0 heterocycles. The van der Waals surface area contributed by atoms with E-state index in [4.69, 9.17) is 4.74 Å². The van der Waals surface area contributed by atoms with E-state index in [0.717, 1.165) is 6.07 Å². The van der Waals surface area contributed by atoms with Crippen LogP contribution in [0.1, 0.15) is 0 Å². The van der Waals surface area contributed by atoms with Gasteiger partial charge in [0.05, 0.1) is 4.90 Å². The van der Waals surface area contributed by atoms with Crippen LogP contribution in [0, 0.1) is 17.5 Å². The molecule has 0 aliphatic rings. The van der Waals surface area contributed by atoms with Crippen LogP contribution in [-0.4, -0.2) is 0 Å². The Morgan fingerprint density at radius 2 is 1.39 bits per heavy atom. The molecule has 3 aromatic carbocycles. The van der Waals surface area contributed by atoms with Gasteiger partial charge in [0.25, 0.3) is 0 Å². The molecule has 0 saturated heterocycles. The lowest BCUT2D eigenvalue weighted by molar-refractivity contribution is 0.425. The van der Waals surface area contributed by atoms with Crippen molar-refractivity contribution in [3.63, 3.8) is 0 Å². The molecule has 0 radical (unpaired) electrons. The largest absolute Gasteiger partial charge is 0.454 e. The molecule has 0 aromatic heterocycles. The predicted octanol–water partition coefficient (Wildman–Crippen LogP) is 6.05. The van der Waals surface area contributed by atoms with Gasteiger partial charge in [0, 0.05) is 4.90 Å². The predicted molar refractivity (Wildman–Crippen MR) is 83.4 cm³/mol. The van der Waals surface area contributed by atoms with Crippen LogP contribution in [0.3, 0.4) is 0 Å². The highest BCUT2D eigenvalue weighted by atomic mass is 32.2. The Labute approximate surface area is 135 Å². The van der Waals surface area contributed by atoms with Crippen molar-refractivity contribution >= 4 is 11.8 Å². The van der Waals surface area contributed by atoms with Gasteiger partial charge in [-0.05, 0) is 36.4 Å². The third-order valence-corrected chi connectivity index (χ3v) is 4.16. The van der Waals surface area contributed by atoms with Gasteiger partial charge in [0.2, 0.25) is 0 Å². The molecule has 3 rings (SSSR count). The van der Waals surface area contributed by atoms with Gasteiger partial charge in [-0.1, -0.05) is 42.1 Å². The van der Waals surface area contributed by atoms with Crippen molar-refractivity contribution < 1.29 is 17.9 Å². The molecule has 0 unspecified atom stereocenters. The molecule has 0 bridgehead atoms. The lowest BCUT2D eigenvalue weighted by atomic mass is 10.3. The molecule has 0 aliphatic heterocycles. The van der Waals surface area contributed by atoms with Crippen molar-refractivity contribution in [3.05, 3.63) is 84.2 Å². The third kappa shape index (κ3) is 3.51. The topological polar surface area (TPSA) is 9.23 Å². The summed E-state index contributed by atoms with van der Waals surface area (Å²) in [7, 11) is 0. The van der Waals surface area contributed by atoms with E-state index < -0.39 is 17.5 Å². The van der Waals surface area contributed by atoms with E-state index in [9.17, 15) is 13.2 Å². The van der Waals surface area contributed by atoms with Crippen molar-refractivity contribution in [2.45, 2.75) is 9.79 Å². The summed E-state index contributed by atoms with van der Waals surface area (Å²) in [5.74, 6) is -1.85. The fourth-order valence-electron chi connectivity index (χ4n) is 1.94. The number of hydrogen-bond acceptors (Lipinski definition) is 2. The second-order valence-electron chi connectivity index (χ2n) is 4.64. The Hall–Kier alpha value is -2.40. The van der Waals surface area contributed by atoms with Crippen LogP contribution < -0.4 is 4.74 Å². The van der Waals surface area contributed by atoms with Gasteiger partial charge >= 0.3 is 0 Å².